The lowest BCUT2D eigenvalue weighted by Crippen LogP contribution is -2.28. The Morgan fingerprint density at radius 2 is 1.73 bits per heavy atom. The zero-order valence-corrected chi connectivity index (χ0v) is 21.1. The summed E-state index contributed by atoms with van der Waals surface area (Å²) in [5, 5.41) is 3.26. The third kappa shape index (κ3) is 4.85. The van der Waals surface area contributed by atoms with Crippen LogP contribution in [0.2, 0.25) is 5.02 Å². The molecule has 5 rings (SSSR count). The zero-order chi connectivity index (χ0) is 26.2. The standard InChI is InChI=1S/C26H21ClN2O7S/c1-34-18-6-2-16(3-7-18)12-28-25(30)14-29-13-24(37(32,33)19-8-4-17(27)5-9-19)26(31)20-10-22-23(11-21(20)29)36-15-35-22/h2-11,13H,12,14-15H2,1H3,(H,28,30). The van der Waals surface area contributed by atoms with E-state index in [1.807, 2.05) is 12.1 Å². The molecular weight excluding hydrogens is 520 g/mol. The molecule has 1 N–H and O–H groups in total. The number of amides is 1. The van der Waals surface area contributed by atoms with Gasteiger partial charge in [-0.25, -0.2) is 8.42 Å². The Balaban J connectivity index is 1.53. The van der Waals surface area contributed by atoms with Gasteiger partial charge in [0.15, 0.2) is 11.5 Å². The highest BCUT2D eigenvalue weighted by Gasteiger charge is 2.26. The summed E-state index contributed by atoms with van der Waals surface area (Å²) < 4.78 is 44.2. The Hall–Kier alpha value is -4.02. The van der Waals surface area contributed by atoms with E-state index in [0.29, 0.717) is 27.8 Å². The fraction of sp³-hybridized carbons (Fsp3) is 0.154. The maximum absolute atomic E-state index is 13.4. The maximum atomic E-state index is 13.4. The lowest BCUT2D eigenvalue weighted by molar-refractivity contribution is -0.121. The van der Waals surface area contributed by atoms with E-state index in [1.165, 1.54) is 41.1 Å². The van der Waals surface area contributed by atoms with Crippen LogP contribution in [0.1, 0.15) is 5.56 Å². The van der Waals surface area contributed by atoms with E-state index in [0.717, 1.165) is 5.56 Å². The van der Waals surface area contributed by atoms with Crippen molar-refractivity contribution in [3.63, 3.8) is 0 Å². The van der Waals surface area contributed by atoms with Crippen LogP contribution in [-0.2, 0) is 27.7 Å². The number of fused-ring (bicyclic) bond motifs is 2. The number of benzene rings is 3. The van der Waals surface area contributed by atoms with Crippen molar-refractivity contribution in [3.8, 4) is 17.2 Å². The third-order valence-corrected chi connectivity index (χ3v) is 7.93. The largest absolute Gasteiger partial charge is 0.497 e. The molecule has 0 spiro atoms. The topological polar surface area (TPSA) is 113 Å². The molecule has 0 atom stereocenters. The summed E-state index contributed by atoms with van der Waals surface area (Å²) in [4.78, 5) is 25.7. The van der Waals surface area contributed by atoms with Gasteiger partial charge in [0.1, 0.15) is 17.2 Å². The molecule has 0 saturated heterocycles. The monoisotopic (exact) mass is 540 g/mol. The predicted octanol–water partition coefficient (Wildman–Crippen LogP) is 3.54. The fourth-order valence-electron chi connectivity index (χ4n) is 3.97. The minimum absolute atomic E-state index is 0.0296. The summed E-state index contributed by atoms with van der Waals surface area (Å²) in [5.74, 6) is 1.03. The molecule has 1 aliphatic rings. The van der Waals surface area contributed by atoms with E-state index in [9.17, 15) is 18.0 Å². The van der Waals surface area contributed by atoms with Crippen LogP contribution >= 0.6 is 11.6 Å². The van der Waals surface area contributed by atoms with Crippen molar-refractivity contribution < 1.29 is 27.4 Å². The summed E-state index contributed by atoms with van der Waals surface area (Å²) in [7, 11) is -2.65. The Morgan fingerprint density at radius 3 is 2.41 bits per heavy atom. The van der Waals surface area contributed by atoms with Crippen molar-refractivity contribution in [2.75, 3.05) is 13.9 Å². The molecular formula is C26H21ClN2O7S. The molecule has 0 aliphatic carbocycles. The Kier molecular flexibility index (Phi) is 6.53. The van der Waals surface area contributed by atoms with Crippen LogP contribution in [0.15, 0.2) is 81.4 Å². The average molecular weight is 541 g/mol. The van der Waals surface area contributed by atoms with Gasteiger partial charge in [-0.3, -0.25) is 9.59 Å². The lowest BCUT2D eigenvalue weighted by Gasteiger charge is -2.15. The summed E-state index contributed by atoms with van der Waals surface area (Å²) in [6.45, 7) is -0.0168. The van der Waals surface area contributed by atoms with Crippen molar-refractivity contribution in [1.29, 1.82) is 0 Å². The zero-order valence-electron chi connectivity index (χ0n) is 19.6. The molecule has 3 aromatic carbocycles. The summed E-state index contributed by atoms with van der Waals surface area (Å²) in [6, 6.07) is 15.7. The van der Waals surface area contributed by atoms with E-state index in [-0.39, 0.29) is 36.1 Å². The second-order valence-corrected chi connectivity index (χ2v) is 10.6. The Labute approximate surface area is 217 Å². The van der Waals surface area contributed by atoms with Crippen LogP contribution in [0.4, 0.5) is 0 Å². The third-order valence-electron chi connectivity index (χ3n) is 5.92. The van der Waals surface area contributed by atoms with E-state index >= 15 is 0 Å². The molecule has 0 saturated carbocycles. The molecule has 1 aliphatic heterocycles. The van der Waals surface area contributed by atoms with Gasteiger partial charge < -0.3 is 24.1 Å². The van der Waals surface area contributed by atoms with Crippen molar-refractivity contribution >= 4 is 38.2 Å². The van der Waals surface area contributed by atoms with Gasteiger partial charge in [-0.15, -0.1) is 0 Å². The minimum atomic E-state index is -4.22. The number of halogens is 1. The number of nitrogens with zero attached hydrogens (tertiary/aromatic N) is 1. The van der Waals surface area contributed by atoms with Crippen LogP contribution in [0.5, 0.6) is 17.2 Å². The van der Waals surface area contributed by atoms with Crippen LogP contribution in [0.25, 0.3) is 10.9 Å². The Morgan fingerprint density at radius 1 is 1.05 bits per heavy atom. The number of hydrogen-bond acceptors (Lipinski definition) is 7. The molecule has 2 heterocycles. The molecule has 0 unspecified atom stereocenters. The molecule has 4 aromatic rings. The van der Waals surface area contributed by atoms with E-state index < -0.39 is 20.2 Å². The number of aromatic nitrogens is 1. The van der Waals surface area contributed by atoms with Crippen molar-refractivity contribution in [3.05, 3.63) is 87.7 Å². The van der Waals surface area contributed by atoms with E-state index in [2.05, 4.69) is 5.32 Å². The van der Waals surface area contributed by atoms with Gasteiger partial charge in [-0.05, 0) is 48.0 Å². The number of nitrogens with one attached hydrogen (secondary N) is 1. The molecule has 1 aromatic heterocycles. The molecule has 1 amide bonds. The summed E-state index contributed by atoms with van der Waals surface area (Å²) >= 11 is 5.91. The first-order valence-corrected chi connectivity index (χ1v) is 13.0. The number of carbonyl (C=O) groups is 1. The van der Waals surface area contributed by atoms with Gasteiger partial charge >= 0.3 is 0 Å². The van der Waals surface area contributed by atoms with Crippen LogP contribution in [-0.4, -0.2) is 32.8 Å². The highest BCUT2D eigenvalue weighted by molar-refractivity contribution is 7.91. The number of rotatable bonds is 7. The van der Waals surface area contributed by atoms with Gasteiger partial charge in [0.05, 0.1) is 22.9 Å². The number of ether oxygens (including phenoxy) is 3. The van der Waals surface area contributed by atoms with Crippen LogP contribution < -0.4 is 25.0 Å². The number of sulfone groups is 1. The Bertz CT molecular complexity index is 1660. The molecule has 37 heavy (non-hydrogen) atoms. The normalized spacial score (nSPS) is 12.5. The number of methoxy groups -OCH3 is 1. The van der Waals surface area contributed by atoms with Gasteiger partial charge in [0, 0.05) is 23.8 Å². The number of hydrogen-bond donors (Lipinski definition) is 1. The summed E-state index contributed by atoms with van der Waals surface area (Å²) in [6.07, 6.45) is 1.18. The van der Waals surface area contributed by atoms with Gasteiger partial charge in [-0.2, -0.15) is 0 Å². The quantitative estimate of drug-likeness (QED) is 0.381. The average Bonchev–Trinajstić information content (AvgIpc) is 3.36. The predicted molar refractivity (Wildman–Crippen MR) is 136 cm³/mol. The lowest BCUT2D eigenvalue weighted by atomic mass is 10.2. The van der Waals surface area contributed by atoms with E-state index in [4.69, 9.17) is 25.8 Å². The van der Waals surface area contributed by atoms with Crippen molar-refractivity contribution in [1.82, 2.24) is 9.88 Å². The highest BCUT2D eigenvalue weighted by Crippen LogP contribution is 2.36. The first kappa shape index (κ1) is 24.7. The number of pyridine rings is 1. The second kappa shape index (κ2) is 9.79. The molecule has 11 heteroatoms. The first-order chi connectivity index (χ1) is 17.8. The highest BCUT2D eigenvalue weighted by atomic mass is 35.5. The van der Waals surface area contributed by atoms with Crippen molar-refractivity contribution in [2.45, 2.75) is 22.9 Å². The van der Waals surface area contributed by atoms with Gasteiger partial charge in [0.2, 0.25) is 28.0 Å². The SMILES string of the molecule is COc1ccc(CNC(=O)Cn2cc(S(=O)(=O)c3ccc(Cl)cc3)c(=O)c3cc4c(cc32)OCO4)cc1. The molecule has 0 fully saturated rings. The maximum Gasteiger partial charge on any atom is 0.240 e. The van der Waals surface area contributed by atoms with E-state index in [1.54, 1.807) is 25.3 Å². The summed E-state index contributed by atoms with van der Waals surface area (Å²) in [5.41, 5.74) is 0.482. The first-order valence-electron chi connectivity index (χ1n) is 11.1. The molecule has 190 valence electrons. The second-order valence-electron chi connectivity index (χ2n) is 8.26. The van der Waals surface area contributed by atoms with Gasteiger partial charge in [0.25, 0.3) is 0 Å². The number of carbonyl (C=O) groups excluding carboxylic acids is 1. The van der Waals surface area contributed by atoms with Crippen molar-refractivity contribution in [2.24, 2.45) is 0 Å². The van der Waals surface area contributed by atoms with Gasteiger partial charge in [-0.1, -0.05) is 23.7 Å². The molecule has 0 bridgehead atoms. The van der Waals surface area contributed by atoms with Crippen LogP contribution in [0, 0.1) is 0 Å². The molecule has 0 radical (unpaired) electrons. The van der Waals surface area contributed by atoms with Crippen LogP contribution in [0.3, 0.4) is 0 Å². The fourth-order valence-corrected chi connectivity index (χ4v) is 5.47. The molecule has 9 nitrogen and oxygen atoms in total. The minimum Gasteiger partial charge on any atom is -0.497 e. The smallest absolute Gasteiger partial charge is 0.240 e.